The second kappa shape index (κ2) is 14.3. The zero-order valence-electron chi connectivity index (χ0n) is 32.2. The van der Waals surface area contributed by atoms with Crippen molar-refractivity contribution in [2.24, 2.45) is 0 Å². The monoisotopic (exact) mass is 822 g/mol. The van der Waals surface area contributed by atoms with Gasteiger partial charge in [0.25, 0.3) is 0 Å². The van der Waals surface area contributed by atoms with Crippen LogP contribution in [0, 0.1) is 22.7 Å². The van der Waals surface area contributed by atoms with Crippen LogP contribution in [-0.2, 0) is 12.4 Å². The van der Waals surface area contributed by atoms with Gasteiger partial charge in [0.1, 0.15) is 0 Å². The SMILES string of the molecule is N#Cc1ccc(-n2c3ccccc3c3ccc(-c4ccc(C(F)(F)F)cc4)cc32)cc1-c1cc(-n2c3ccccc3c3ccc(-c4ccc(C(F)(F)F)cc4)cc32)ccc1C#N. The van der Waals surface area contributed by atoms with E-state index in [0.717, 1.165) is 79.0 Å². The summed E-state index contributed by atoms with van der Waals surface area (Å²) in [5.74, 6) is 0. The first-order valence-corrected chi connectivity index (χ1v) is 19.4. The molecule has 0 amide bonds. The van der Waals surface area contributed by atoms with Gasteiger partial charge in [-0.15, -0.1) is 0 Å². The quantitative estimate of drug-likeness (QED) is 0.162. The lowest BCUT2D eigenvalue weighted by Crippen LogP contribution is -2.04. The molecule has 298 valence electrons. The third kappa shape index (κ3) is 6.32. The highest BCUT2D eigenvalue weighted by Crippen LogP contribution is 2.41. The summed E-state index contributed by atoms with van der Waals surface area (Å²) in [6.07, 6.45) is -8.92. The van der Waals surface area contributed by atoms with Crippen molar-refractivity contribution in [3.63, 3.8) is 0 Å². The summed E-state index contributed by atoms with van der Waals surface area (Å²) < 4.78 is 84.5. The van der Waals surface area contributed by atoms with Crippen molar-refractivity contribution in [1.82, 2.24) is 9.13 Å². The highest BCUT2D eigenvalue weighted by molar-refractivity contribution is 6.11. The highest BCUT2D eigenvalue weighted by Gasteiger charge is 2.31. The Morgan fingerprint density at radius 3 is 1.08 bits per heavy atom. The lowest BCUT2D eigenvalue weighted by atomic mass is 9.95. The number of hydrogen-bond acceptors (Lipinski definition) is 2. The number of fused-ring (bicyclic) bond motifs is 6. The first-order valence-electron chi connectivity index (χ1n) is 19.4. The molecular formula is C52H28F6N4. The van der Waals surface area contributed by atoms with Gasteiger partial charge in [-0.05, 0) is 107 Å². The maximum atomic E-state index is 13.4. The molecule has 0 bridgehead atoms. The van der Waals surface area contributed by atoms with Gasteiger partial charge in [-0.2, -0.15) is 36.9 Å². The first-order chi connectivity index (χ1) is 29.9. The third-order valence-corrected chi connectivity index (χ3v) is 11.5. The normalized spacial score (nSPS) is 12.0. The Labute approximate surface area is 350 Å². The minimum absolute atomic E-state index is 0.334. The summed E-state index contributed by atoms with van der Waals surface area (Å²) >= 11 is 0. The lowest BCUT2D eigenvalue weighted by Gasteiger charge is -2.15. The van der Waals surface area contributed by atoms with Crippen LogP contribution in [0.2, 0.25) is 0 Å². The fourth-order valence-electron chi connectivity index (χ4n) is 8.54. The number of nitrogens with zero attached hydrogens (tertiary/aromatic N) is 4. The van der Waals surface area contributed by atoms with Crippen molar-refractivity contribution in [2.75, 3.05) is 0 Å². The van der Waals surface area contributed by atoms with Crippen LogP contribution in [0.1, 0.15) is 22.3 Å². The molecule has 0 unspecified atom stereocenters. The Balaban J connectivity index is 1.15. The van der Waals surface area contributed by atoms with E-state index in [-0.39, 0.29) is 0 Å². The standard InChI is InChI=1S/C52H28F6N4/c53-51(54,55)37-17-9-31(10-18-37)33-15-23-43-41-5-1-3-7-47(41)61(49(43)25-33)39-21-13-35(29-59)45(27-39)46-28-40(22-14-36(46)30-60)62-48-8-4-2-6-42(48)44-24-16-34(26-50(44)62)32-11-19-38(20-12-32)52(56,57)58/h1-28H. The van der Waals surface area contributed by atoms with Crippen molar-refractivity contribution in [3.8, 4) is 56.9 Å². The lowest BCUT2D eigenvalue weighted by molar-refractivity contribution is -0.138. The summed E-state index contributed by atoms with van der Waals surface area (Å²) in [6, 6.07) is 52.9. The van der Waals surface area contributed by atoms with Gasteiger partial charge in [0.05, 0.1) is 56.5 Å². The number of halogens is 6. The minimum Gasteiger partial charge on any atom is -0.309 e. The van der Waals surface area contributed by atoms with Crippen LogP contribution >= 0.6 is 0 Å². The number of hydrogen-bond donors (Lipinski definition) is 0. The zero-order chi connectivity index (χ0) is 42.9. The van der Waals surface area contributed by atoms with E-state index < -0.39 is 23.5 Å². The number of rotatable bonds is 5. The van der Waals surface area contributed by atoms with E-state index in [4.69, 9.17) is 0 Å². The van der Waals surface area contributed by atoms with Gasteiger partial charge in [-0.1, -0.05) is 84.9 Å². The van der Waals surface area contributed by atoms with E-state index in [9.17, 15) is 36.9 Å². The fraction of sp³-hybridized carbons (Fsp3) is 0.0385. The fourth-order valence-corrected chi connectivity index (χ4v) is 8.54. The van der Waals surface area contributed by atoms with Crippen LogP contribution < -0.4 is 0 Å². The molecule has 0 aliphatic rings. The average Bonchev–Trinajstić information content (AvgIpc) is 3.80. The number of para-hydroxylation sites is 2. The molecule has 2 heterocycles. The maximum Gasteiger partial charge on any atom is 0.416 e. The molecule has 10 aromatic rings. The van der Waals surface area contributed by atoms with Crippen LogP contribution in [0.3, 0.4) is 0 Å². The van der Waals surface area contributed by atoms with E-state index >= 15 is 0 Å². The van der Waals surface area contributed by atoms with Crippen molar-refractivity contribution >= 4 is 43.6 Å². The molecule has 0 fully saturated rings. The van der Waals surface area contributed by atoms with Crippen LogP contribution in [-0.4, -0.2) is 9.13 Å². The molecule has 0 spiro atoms. The molecule has 0 radical (unpaired) electrons. The maximum absolute atomic E-state index is 13.4. The molecule has 0 saturated carbocycles. The van der Waals surface area contributed by atoms with Gasteiger partial charge >= 0.3 is 12.4 Å². The molecule has 0 saturated heterocycles. The molecule has 0 N–H and O–H groups in total. The van der Waals surface area contributed by atoms with Gasteiger partial charge in [0.15, 0.2) is 0 Å². The van der Waals surface area contributed by atoms with Gasteiger partial charge < -0.3 is 9.13 Å². The summed E-state index contributed by atoms with van der Waals surface area (Å²) in [6.45, 7) is 0. The van der Waals surface area contributed by atoms with Crippen LogP contribution in [0.5, 0.6) is 0 Å². The topological polar surface area (TPSA) is 57.4 Å². The van der Waals surface area contributed by atoms with Crippen LogP contribution in [0.15, 0.2) is 170 Å². The van der Waals surface area contributed by atoms with E-state index in [1.165, 1.54) is 24.3 Å². The Morgan fingerprint density at radius 2 is 0.710 bits per heavy atom. The minimum atomic E-state index is -4.46. The average molecular weight is 823 g/mol. The molecule has 4 nitrogen and oxygen atoms in total. The summed E-state index contributed by atoms with van der Waals surface area (Å²) in [4.78, 5) is 0. The second-order valence-corrected chi connectivity index (χ2v) is 15.0. The number of nitriles is 2. The molecule has 62 heavy (non-hydrogen) atoms. The largest absolute Gasteiger partial charge is 0.416 e. The van der Waals surface area contributed by atoms with E-state index in [1.807, 2.05) is 109 Å². The number of benzene rings is 8. The van der Waals surface area contributed by atoms with E-state index in [0.29, 0.717) is 44.8 Å². The Bertz CT molecular complexity index is 3270. The first kappa shape index (κ1) is 38.1. The van der Waals surface area contributed by atoms with Crippen molar-refractivity contribution in [3.05, 3.63) is 192 Å². The van der Waals surface area contributed by atoms with Crippen molar-refractivity contribution in [1.29, 1.82) is 10.5 Å². The molecule has 0 aliphatic carbocycles. The molecule has 8 aromatic carbocycles. The number of aromatic nitrogens is 2. The third-order valence-electron chi connectivity index (χ3n) is 11.5. The smallest absolute Gasteiger partial charge is 0.309 e. The molecule has 10 heteroatoms. The van der Waals surface area contributed by atoms with Gasteiger partial charge in [-0.25, -0.2) is 0 Å². The Hall–Kier alpha value is -8.08. The zero-order valence-corrected chi connectivity index (χ0v) is 32.2. The second-order valence-electron chi connectivity index (χ2n) is 15.0. The van der Waals surface area contributed by atoms with Crippen molar-refractivity contribution < 1.29 is 26.3 Å². The van der Waals surface area contributed by atoms with Gasteiger partial charge in [0.2, 0.25) is 0 Å². The van der Waals surface area contributed by atoms with Gasteiger partial charge in [-0.3, -0.25) is 0 Å². The number of alkyl halides is 6. The predicted octanol–water partition coefficient (Wildman–Crippen LogP) is 14.7. The van der Waals surface area contributed by atoms with Crippen LogP contribution in [0.25, 0.3) is 88.4 Å². The molecule has 0 atom stereocenters. The Kier molecular flexibility index (Phi) is 8.79. The van der Waals surface area contributed by atoms with E-state index in [2.05, 4.69) is 21.3 Å². The molecule has 2 aromatic heterocycles. The van der Waals surface area contributed by atoms with E-state index in [1.54, 1.807) is 12.1 Å². The van der Waals surface area contributed by atoms with Crippen LogP contribution in [0.4, 0.5) is 26.3 Å². The van der Waals surface area contributed by atoms with Gasteiger partial charge in [0, 0.05) is 44.0 Å². The Morgan fingerprint density at radius 1 is 0.355 bits per heavy atom. The molecule has 10 rings (SSSR count). The highest BCUT2D eigenvalue weighted by atomic mass is 19.4. The van der Waals surface area contributed by atoms with Crippen molar-refractivity contribution in [2.45, 2.75) is 12.4 Å². The molecule has 0 aliphatic heterocycles. The molecular weight excluding hydrogens is 795 g/mol. The predicted molar refractivity (Wildman–Crippen MR) is 231 cm³/mol. The summed E-state index contributed by atoms with van der Waals surface area (Å²) in [5, 5.41) is 24.7. The summed E-state index contributed by atoms with van der Waals surface area (Å²) in [5.41, 5.74) is 7.61. The summed E-state index contributed by atoms with van der Waals surface area (Å²) in [7, 11) is 0.